The molecule has 0 bridgehead atoms. The van der Waals surface area contributed by atoms with Crippen LogP contribution >= 0.6 is 0 Å². The standard InChI is InChI=1S/C17H30N.CN/c1-3-5-7-8-9-10-14-18-15-11-13-17(16-18)12-6-4-2;1-2/h11,13,15-16H,3-10,12,14H2,1-2H3;/q+1;-1. The van der Waals surface area contributed by atoms with E-state index in [1.54, 1.807) is 0 Å². The number of aromatic nitrogens is 1. The van der Waals surface area contributed by atoms with E-state index in [0.29, 0.717) is 0 Å². The summed E-state index contributed by atoms with van der Waals surface area (Å²) in [7, 11) is 0. The average Bonchev–Trinajstić information content (AvgIpc) is 2.51. The molecule has 0 radical (unpaired) electrons. The van der Waals surface area contributed by atoms with Gasteiger partial charge in [-0.3, -0.25) is 0 Å². The van der Waals surface area contributed by atoms with Crippen molar-refractivity contribution >= 4 is 0 Å². The predicted octanol–water partition coefficient (Wildman–Crippen LogP) is 4.77. The Morgan fingerprint density at radius 1 is 0.950 bits per heavy atom. The third-order valence-corrected chi connectivity index (χ3v) is 3.51. The summed E-state index contributed by atoms with van der Waals surface area (Å²) in [5.41, 5.74) is 1.49. The molecule has 2 nitrogen and oxygen atoms in total. The molecule has 0 fully saturated rings. The molecule has 112 valence electrons. The normalized spacial score (nSPS) is 9.80. The minimum Gasteiger partial charge on any atom is -0.512 e. The molecule has 0 unspecified atom stereocenters. The van der Waals surface area contributed by atoms with Crippen LogP contribution in [0.3, 0.4) is 0 Å². The number of unbranched alkanes of at least 4 members (excludes halogenated alkanes) is 6. The Balaban J connectivity index is 0.00000172. The van der Waals surface area contributed by atoms with Crippen LogP contribution in [0.4, 0.5) is 0 Å². The molecular formula is C18H30N2. The fraction of sp³-hybridized carbons (Fsp3) is 0.667. The zero-order chi connectivity index (χ0) is 15.1. The Hall–Kier alpha value is -1.36. The molecule has 0 aromatic carbocycles. The highest BCUT2D eigenvalue weighted by molar-refractivity contribution is 5.05. The van der Waals surface area contributed by atoms with Gasteiger partial charge in [0.2, 0.25) is 0 Å². The fourth-order valence-electron chi connectivity index (χ4n) is 2.32. The quantitative estimate of drug-likeness (QED) is 0.343. The van der Waals surface area contributed by atoms with Gasteiger partial charge in [0.25, 0.3) is 0 Å². The number of nitrogens with zero attached hydrogens (tertiary/aromatic N) is 2. The second-order valence-corrected chi connectivity index (χ2v) is 5.32. The molecule has 1 aromatic rings. The summed E-state index contributed by atoms with van der Waals surface area (Å²) in [5, 5.41) is 6.25. The Morgan fingerprint density at radius 2 is 1.60 bits per heavy atom. The molecule has 1 heterocycles. The van der Waals surface area contributed by atoms with Crippen LogP contribution in [0.2, 0.25) is 0 Å². The van der Waals surface area contributed by atoms with Gasteiger partial charge in [-0.05, 0) is 25.3 Å². The fourth-order valence-corrected chi connectivity index (χ4v) is 2.32. The molecule has 1 rings (SSSR count). The first-order valence-electron chi connectivity index (χ1n) is 8.07. The van der Waals surface area contributed by atoms with E-state index in [0.717, 1.165) is 0 Å². The Bertz CT molecular complexity index is 344. The Labute approximate surface area is 125 Å². The van der Waals surface area contributed by atoms with Gasteiger partial charge in [-0.2, -0.15) is 0 Å². The first-order valence-corrected chi connectivity index (χ1v) is 8.07. The van der Waals surface area contributed by atoms with E-state index in [9.17, 15) is 0 Å². The van der Waals surface area contributed by atoms with Crippen LogP contribution in [0, 0.1) is 11.8 Å². The summed E-state index contributed by atoms with van der Waals surface area (Å²) < 4.78 is 2.37. The Morgan fingerprint density at radius 3 is 2.30 bits per heavy atom. The SMILES string of the molecule is CCCCCCCC[n+]1cccc(CCCC)c1.[C-]#N. The molecule has 0 saturated heterocycles. The third-order valence-electron chi connectivity index (χ3n) is 3.51. The van der Waals surface area contributed by atoms with Crippen LogP contribution in [0.5, 0.6) is 0 Å². The van der Waals surface area contributed by atoms with Crippen LogP contribution in [-0.4, -0.2) is 0 Å². The van der Waals surface area contributed by atoms with Gasteiger partial charge >= 0.3 is 0 Å². The van der Waals surface area contributed by atoms with Gasteiger partial charge in [-0.15, -0.1) is 0 Å². The lowest BCUT2D eigenvalue weighted by atomic mass is 10.1. The maximum absolute atomic E-state index is 6.25. The number of hydrogen-bond donors (Lipinski definition) is 0. The summed E-state index contributed by atoms with van der Waals surface area (Å²) in [6.45, 7) is 10.5. The van der Waals surface area contributed by atoms with Crippen LogP contribution in [0.15, 0.2) is 24.5 Å². The van der Waals surface area contributed by atoms with Crippen molar-refractivity contribution in [2.75, 3.05) is 0 Å². The molecule has 0 spiro atoms. The monoisotopic (exact) mass is 274 g/mol. The molecule has 0 atom stereocenters. The first kappa shape index (κ1) is 18.6. The van der Waals surface area contributed by atoms with Crippen molar-refractivity contribution in [3.05, 3.63) is 36.7 Å². The number of hydrogen-bond acceptors (Lipinski definition) is 1. The lowest BCUT2D eigenvalue weighted by Gasteiger charge is -2.01. The van der Waals surface area contributed by atoms with Crippen molar-refractivity contribution in [2.45, 2.75) is 78.2 Å². The van der Waals surface area contributed by atoms with Gasteiger partial charge in [0.05, 0.1) is 0 Å². The topological polar surface area (TPSA) is 27.7 Å². The molecule has 1 aromatic heterocycles. The molecule has 2 heteroatoms. The molecular weight excluding hydrogens is 244 g/mol. The van der Waals surface area contributed by atoms with Gasteiger partial charge in [-0.1, -0.05) is 46.0 Å². The van der Waals surface area contributed by atoms with E-state index >= 15 is 0 Å². The lowest BCUT2D eigenvalue weighted by Crippen LogP contribution is -2.33. The minimum atomic E-state index is 1.19. The summed E-state index contributed by atoms with van der Waals surface area (Å²) in [5.74, 6) is 0. The third kappa shape index (κ3) is 9.55. The van der Waals surface area contributed by atoms with Crippen LogP contribution in [0.1, 0.15) is 70.8 Å². The van der Waals surface area contributed by atoms with Crippen molar-refractivity contribution in [3.8, 4) is 0 Å². The lowest BCUT2D eigenvalue weighted by molar-refractivity contribution is -0.697. The molecule has 0 N–H and O–H groups in total. The molecule has 0 aliphatic rings. The van der Waals surface area contributed by atoms with E-state index < -0.39 is 0 Å². The molecule has 0 aliphatic carbocycles. The van der Waals surface area contributed by atoms with E-state index in [-0.39, 0.29) is 0 Å². The van der Waals surface area contributed by atoms with Crippen LogP contribution < -0.4 is 4.57 Å². The predicted molar refractivity (Wildman–Crippen MR) is 83.6 cm³/mol. The largest absolute Gasteiger partial charge is 0.512 e. The van der Waals surface area contributed by atoms with Crippen molar-refractivity contribution in [1.82, 2.24) is 0 Å². The second-order valence-electron chi connectivity index (χ2n) is 5.32. The van der Waals surface area contributed by atoms with Gasteiger partial charge < -0.3 is 11.8 Å². The van der Waals surface area contributed by atoms with Crippen molar-refractivity contribution in [3.63, 3.8) is 0 Å². The van der Waals surface area contributed by atoms with Gasteiger partial charge in [0.15, 0.2) is 12.4 Å². The van der Waals surface area contributed by atoms with E-state index in [4.69, 9.17) is 11.8 Å². The summed E-state index contributed by atoms with van der Waals surface area (Å²) in [6, 6.07) is 4.45. The van der Waals surface area contributed by atoms with Crippen molar-refractivity contribution < 1.29 is 4.57 Å². The van der Waals surface area contributed by atoms with Gasteiger partial charge in [0, 0.05) is 18.1 Å². The maximum Gasteiger partial charge on any atom is 0.171 e. The van der Waals surface area contributed by atoms with Crippen molar-refractivity contribution in [1.29, 1.82) is 5.26 Å². The number of pyridine rings is 1. The summed E-state index contributed by atoms with van der Waals surface area (Å²) in [4.78, 5) is 0. The highest BCUT2D eigenvalue weighted by Gasteiger charge is 2.02. The molecule has 20 heavy (non-hydrogen) atoms. The Kier molecular flexibility index (Phi) is 13.1. The first-order chi connectivity index (χ1) is 9.86. The molecule has 0 amide bonds. The molecule has 0 aliphatic heterocycles. The van der Waals surface area contributed by atoms with Crippen molar-refractivity contribution in [2.24, 2.45) is 0 Å². The smallest absolute Gasteiger partial charge is 0.171 e. The number of aryl methyl sites for hydroxylation is 2. The molecule has 0 saturated carbocycles. The van der Waals surface area contributed by atoms with E-state index in [1.165, 1.54) is 69.9 Å². The zero-order valence-electron chi connectivity index (χ0n) is 13.3. The maximum atomic E-state index is 6.25. The van der Waals surface area contributed by atoms with E-state index in [2.05, 4.69) is 42.9 Å². The summed E-state index contributed by atoms with van der Waals surface area (Å²) >= 11 is 0. The minimum absolute atomic E-state index is 1.19. The van der Waals surface area contributed by atoms with E-state index in [1.807, 2.05) is 0 Å². The van der Waals surface area contributed by atoms with Gasteiger partial charge in [-0.25, -0.2) is 4.57 Å². The zero-order valence-corrected chi connectivity index (χ0v) is 13.3. The van der Waals surface area contributed by atoms with Crippen LogP contribution in [-0.2, 0) is 13.0 Å². The summed E-state index contributed by atoms with van der Waals surface area (Å²) in [6.07, 6.45) is 16.6. The highest BCUT2D eigenvalue weighted by atomic mass is 14.9. The number of rotatable bonds is 10. The highest BCUT2D eigenvalue weighted by Crippen LogP contribution is 2.05. The van der Waals surface area contributed by atoms with Crippen LogP contribution in [0.25, 0.3) is 0 Å². The second kappa shape index (κ2) is 14.1. The van der Waals surface area contributed by atoms with Gasteiger partial charge in [0.1, 0.15) is 6.54 Å². The average molecular weight is 274 g/mol.